The van der Waals surface area contributed by atoms with E-state index in [1.807, 2.05) is 0 Å². The van der Waals surface area contributed by atoms with Crippen LogP contribution in [-0.2, 0) is 11.3 Å². The van der Waals surface area contributed by atoms with E-state index >= 15 is 0 Å². The topological polar surface area (TPSA) is 142 Å². The van der Waals surface area contributed by atoms with Crippen LogP contribution in [-0.4, -0.2) is 33.5 Å². The molecule has 148 valence electrons. The first-order valence-electron chi connectivity index (χ1n) is 8.28. The molecule has 0 aliphatic carbocycles. The van der Waals surface area contributed by atoms with E-state index in [-0.39, 0.29) is 24.6 Å². The van der Waals surface area contributed by atoms with Gasteiger partial charge < -0.3 is 20.8 Å². The quantitative estimate of drug-likeness (QED) is 0.185. The van der Waals surface area contributed by atoms with Gasteiger partial charge in [-0.1, -0.05) is 18.1 Å². The maximum atomic E-state index is 11.9. The molecule has 0 spiro atoms. The zero-order valence-corrected chi connectivity index (χ0v) is 15.1. The van der Waals surface area contributed by atoms with Gasteiger partial charge in [-0.2, -0.15) is 0 Å². The van der Waals surface area contributed by atoms with Crippen molar-refractivity contribution in [1.82, 2.24) is 10.6 Å². The summed E-state index contributed by atoms with van der Waals surface area (Å²) in [7, 11) is 0. The minimum Gasteiger partial charge on any atom is -0.504 e. The summed E-state index contributed by atoms with van der Waals surface area (Å²) >= 11 is 0. The largest absolute Gasteiger partial charge is 0.504 e. The van der Waals surface area contributed by atoms with Gasteiger partial charge in [0.15, 0.2) is 5.75 Å². The highest BCUT2D eigenvalue weighted by molar-refractivity contribution is 5.94. The number of carbonyl (C=O) groups excluding carboxylic acids is 2. The van der Waals surface area contributed by atoms with Crippen molar-refractivity contribution >= 4 is 23.6 Å². The van der Waals surface area contributed by atoms with E-state index in [4.69, 9.17) is 6.42 Å². The molecule has 2 rings (SSSR count). The molecule has 0 heterocycles. The lowest BCUT2D eigenvalue weighted by atomic mass is 10.1. The summed E-state index contributed by atoms with van der Waals surface area (Å²) in [6.07, 6.45) is 7.48. The summed E-state index contributed by atoms with van der Waals surface area (Å²) in [6.45, 7) is 0.321. The Hall–Kier alpha value is -4.32. The number of aromatic hydroxyl groups is 2. The molecule has 9 heteroatoms. The Morgan fingerprint density at radius 2 is 1.86 bits per heavy atom. The van der Waals surface area contributed by atoms with Crippen molar-refractivity contribution in [2.45, 2.75) is 6.54 Å². The summed E-state index contributed by atoms with van der Waals surface area (Å²) < 4.78 is 0. The Morgan fingerprint density at radius 1 is 1.17 bits per heavy atom. The molecule has 4 N–H and O–H groups in total. The maximum Gasteiger partial charge on any atom is 0.315 e. The summed E-state index contributed by atoms with van der Waals surface area (Å²) in [6, 6.07) is 8.67. The number of nitrogens with one attached hydrogen (secondary N) is 2. The predicted octanol–water partition coefficient (Wildman–Crippen LogP) is 1.70. The standard InChI is InChI=1S/C20H17N3O6/c1-2-9-21-20(27)15-6-3-13(4-7-15)12-22-18(25)8-5-14-10-16(23(28)29)19(26)17(24)11-14/h1,3-8,10-11,24,26H,9,12H2,(H,21,27)(H,22,25)/b8-5+. The highest BCUT2D eigenvalue weighted by Gasteiger charge is 2.18. The van der Waals surface area contributed by atoms with Gasteiger partial charge in [-0.15, -0.1) is 6.42 Å². The molecule has 2 aromatic rings. The van der Waals surface area contributed by atoms with Crippen LogP contribution in [0.1, 0.15) is 21.5 Å². The third-order valence-electron chi connectivity index (χ3n) is 3.75. The van der Waals surface area contributed by atoms with E-state index in [1.54, 1.807) is 24.3 Å². The lowest BCUT2D eigenvalue weighted by Gasteiger charge is -2.05. The van der Waals surface area contributed by atoms with Crippen molar-refractivity contribution in [3.8, 4) is 23.8 Å². The van der Waals surface area contributed by atoms with E-state index in [0.717, 1.165) is 23.8 Å². The minimum atomic E-state index is -0.844. The Kier molecular flexibility index (Phi) is 6.92. The number of nitrogens with zero attached hydrogens (tertiary/aromatic N) is 1. The Bertz CT molecular complexity index is 1010. The first-order chi connectivity index (χ1) is 13.8. The van der Waals surface area contributed by atoms with Crippen LogP contribution in [0.4, 0.5) is 5.69 Å². The van der Waals surface area contributed by atoms with Crippen LogP contribution in [0.15, 0.2) is 42.5 Å². The van der Waals surface area contributed by atoms with Crippen LogP contribution in [0.3, 0.4) is 0 Å². The SMILES string of the molecule is C#CCNC(=O)c1ccc(CNC(=O)/C=C/c2cc(O)c(O)c([N+](=O)[O-])c2)cc1. The molecule has 0 saturated heterocycles. The number of nitro benzene ring substituents is 1. The maximum absolute atomic E-state index is 11.9. The van der Waals surface area contributed by atoms with Gasteiger partial charge in [0, 0.05) is 24.3 Å². The lowest BCUT2D eigenvalue weighted by Crippen LogP contribution is -2.23. The molecule has 9 nitrogen and oxygen atoms in total. The molecule has 0 aromatic heterocycles. The second-order valence-electron chi connectivity index (χ2n) is 5.80. The van der Waals surface area contributed by atoms with Crippen LogP contribution < -0.4 is 10.6 Å². The van der Waals surface area contributed by atoms with E-state index < -0.39 is 28.0 Å². The van der Waals surface area contributed by atoms with Crippen LogP contribution >= 0.6 is 0 Å². The third kappa shape index (κ3) is 5.83. The van der Waals surface area contributed by atoms with Gasteiger partial charge in [-0.25, -0.2) is 0 Å². The fourth-order valence-electron chi connectivity index (χ4n) is 2.29. The molecule has 29 heavy (non-hydrogen) atoms. The number of nitro groups is 1. The molecule has 0 aliphatic heterocycles. The third-order valence-corrected chi connectivity index (χ3v) is 3.75. The highest BCUT2D eigenvalue weighted by Crippen LogP contribution is 2.36. The van der Waals surface area contributed by atoms with Gasteiger partial charge in [0.25, 0.3) is 5.91 Å². The van der Waals surface area contributed by atoms with E-state index in [9.17, 15) is 29.9 Å². The van der Waals surface area contributed by atoms with Crippen LogP contribution in [0, 0.1) is 22.5 Å². The highest BCUT2D eigenvalue weighted by atomic mass is 16.6. The van der Waals surface area contributed by atoms with Crippen LogP contribution in [0.5, 0.6) is 11.5 Å². The fraction of sp³-hybridized carbons (Fsp3) is 0.100. The molecule has 2 amide bonds. The number of carbonyl (C=O) groups is 2. The van der Waals surface area contributed by atoms with E-state index in [2.05, 4.69) is 16.6 Å². The Labute approximate surface area is 165 Å². The summed E-state index contributed by atoms with van der Waals surface area (Å²) in [5, 5.41) is 35.0. The molecular weight excluding hydrogens is 378 g/mol. The van der Waals surface area contributed by atoms with Gasteiger partial charge in [-0.05, 0) is 35.4 Å². The second kappa shape index (κ2) is 9.57. The molecule has 2 aromatic carbocycles. The number of hydrogen-bond acceptors (Lipinski definition) is 6. The number of phenols is 2. The molecule has 0 aliphatic rings. The molecule has 0 fully saturated rings. The Balaban J connectivity index is 1.96. The van der Waals surface area contributed by atoms with Gasteiger partial charge in [-0.3, -0.25) is 19.7 Å². The molecule has 0 unspecified atom stereocenters. The number of benzene rings is 2. The van der Waals surface area contributed by atoms with Crippen molar-refractivity contribution in [3.05, 3.63) is 69.3 Å². The average molecular weight is 395 g/mol. The van der Waals surface area contributed by atoms with Crippen molar-refractivity contribution in [2.24, 2.45) is 0 Å². The number of rotatable bonds is 7. The van der Waals surface area contributed by atoms with E-state index in [1.165, 1.54) is 6.08 Å². The van der Waals surface area contributed by atoms with Crippen molar-refractivity contribution in [2.75, 3.05) is 6.54 Å². The second-order valence-corrected chi connectivity index (χ2v) is 5.80. The smallest absolute Gasteiger partial charge is 0.315 e. The van der Waals surface area contributed by atoms with Crippen LogP contribution in [0.2, 0.25) is 0 Å². The number of terminal acetylenes is 1. The normalized spacial score (nSPS) is 10.3. The zero-order chi connectivity index (χ0) is 21.4. The van der Waals surface area contributed by atoms with E-state index in [0.29, 0.717) is 5.56 Å². The number of amides is 2. The molecular formula is C20H17N3O6. The molecule has 0 bridgehead atoms. The molecule has 0 radical (unpaired) electrons. The van der Waals surface area contributed by atoms with Gasteiger partial charge >= 0.3 is 5.69 Å². The first-order valence-corrected chi connectivity index (χ1v) is 8.28. The zero-order valence-electron chi connectivity index (χ0n) is 15.1. The average Bonchev–Trinajstić information content (AvgIpc) is 2.71. The lowest BCUT2D eigenvalue weighted by molar-refractivity contribution is -0.386. The van der Waals surface area contributed by atoms with Gasteiger partial charge in [0.1, 0.15) is 0 Å². The van der Waals surface area contributed by atoms with Crippen molar-refractivity contribution in [3.63, 3.8) is 0 Å². The molecule has 0 atom stereocenters. The van der Waals surface area contributed by atoms with Crippen molar-refractivity contribution < 1.29 is 24.7 Å². The fourth-order valence-corrected chi connectivity index (χ4v) is 2.29. The summed E-state index contributed by atoms with van der Waals surface area (Å²) in [5.74, 6) is 0.0296. The van der Waals surface area contributed by atoms with Crippen molar-refractivity contribution in [1.29, 1.82) is 0 Å². The monoisotopic (exact) mass is 395 g/mol. The Morgan fingerprint density at radius 3 is 2.48 bits per heavy atom. The summed E-state index contributed by atoms with van der Waals surface area (Å²) in [4.78, 5) is 33.7. The minimum absolute atomic E-state index is 0.130. The molecule has 0 saturated carbocycles. The van der Waals surface area contributed by atoms with Gasteiger partial charge in [0.2, 0.25) is 11.7 Å². The van der Waals surface area contributed by atoms with Gasteiger partial charge in [0.05, 0.1) is 11.5 Å². The number of phenolic OH excluding ortho intramolecular Hbond substituents is 2. The predicted molar refractivity (Wildman–Crippen MR) is 105 cm³/mol. The summed E-state index contributed by atoms with van der Waals surface area (Å²) in [5.41, 5.74) is 0.683. The number of hydrogen-bond donors (Lipinski definition) is 4. The van der Waals surface area contributed by atoms with Crippen LogP contribution in [0.25, 0.3) is 6.08 Å². The first kappa shape index (κ1) is 21.0.